The van der Waals surface area contributed by atoms with Crippen LogP contribution in [0, 0.1) is 11.3 Å². The number of hydrogen-bond donors (Lipinski definition) is 3. The number of nitrogens with zero attached hydrogens (tertiary/aromatic N) is 1. The summed E-state index contributed by atoms with van der Waals surface area (Å²) in [6, 6.07) is 7.72. The third-order valence-corrected chi connectivity index (χ3v) is 5.65. The van der Waals surface area contributed by atoms with Crippen molar-refractivity contribution in [3.8, 4) is 0 Å². The van der Waals surface area contributed by atoms with Crippen molar-refractivity contribution in [1.29, 1.82) is 5.41 Å². The van der Waals surface area contributed by atoms with Gasteiger partial charge in [-0.1, -0.05) is 30.3 Å². The molecule has 0 unspecified atom stereocenters. The van der Waals surface area contributed by atoms with Crippen LogP contribution in [0.1, 0.15) is 43.2 Å². The Bertz CT molecular complexity index is 764. The fraction of sp³-hybridized carbons (Fsp3) is 0.476. The van der Waals surface area contributed by atoms with E-state index in [4.69, 9.17) is 15.9 Å². The van der Waals surface area contributed by atoms with Crippen molar-refractivity contribution in [2.75, 3.05) is 20.2 Å². The first-order chi connectivity index (χ1) is 13.5. The molecule has 2 aliphatic rings. The van der Waals surface area contributed by atoms with Gasteiger partial charge in [0.1, 0.15) is 5.84 Å². The number of nitrogens with one attached hydrogen (secondary N) is 2. The quantitative estimate of drug-likeness (QED) is 0.421. The molecule has 150 valence electrons. The zero-order valence-electron chi connectivity index (χ0n) is 16.2. The average molecular weight is 384 g/mol. The molecule has 0 spiro atoms. The Morgan fingerprint density at radius 3 is 2.39 bits per heavy atom. The average Bonchev–Trinajstić information content (AvgIpc) is 2.74. The Balaban J connectivity index is 1.49. The molecule has 1 aliphatic heterocycles. The molecule has 0 aromatic heterocycles. The number of rotatable bonds is 4. The number of urea groups is 1. The van der Waals surface area contributed by atoms with E-state index in [0.717, 1.165) is 37.7 Å². The summed E-state index contributed by atoms with van der Waals surface area (Å²) in [4.78, 5) is 26.0. The molecular weight excluding hydrogens is 356 g/mol. The fourth-order valence-electron chi connectivity index (χ4n) is 3.89. The first-order valence-corrected chi connectivity index (χ1v) is 9.75. The Morgan fingerprint density at radius 2 is 1.86 bits per heavy atom. The molecule has 1 fully saturated rings. The molecule has 3 rings (SSSR count). The highest BCUT2D eigenvalue weighted by Crippen LogP contribution is 2.26. The lowest BCUT2D eigenvalue weighted by atomic mass is 9.86. The second-order valence-electron chi connectivity index (χ2n) is 7.44. The molecule has 1 heterocycles. The summed E-state index contributed by atoms with van der Waals surface area (Å²) >= 11 is 0. The number of hydrogen-bond acceptors (Lipinski definition) is 4. The first kappa shape index (κ1) is 19.9. The van der Waals surface area contributed by atoms with Gasteiger partial charge < -0.3 is 20.7 Å². The van der Waals surface area contributed by atoms with E-state index >= 15 is 0 Å². The number of nitrogen functional groups attached to an aromatic ring is 1. The van der Waals surface area contributed by atoms with E-state index in [-0.39, 0.29) is 29.8 Å². The number of carbonyl (C=O) groups excluding carboxylic acids is 2. The topological polar surface area (TPSA) is 109 Å². The smallest absolute Gasteiger partial charge is 0.317 e. The van der Waals surface area contributed by atoms with Crippen molar-refractivity contribution in [2.45, 2.75) is 38.1 Å². The first-order valence-electron chi connectivity index (χ1n) is 9.75. The Hall–Kier alpha value is -2.83. The van der Waals surface area contributed by atoms with E-state index in [0.29, 0.717) is 18.7 Å². The Morgan fingerprint density at radius 1 is 1.18 bits per heavy atom. The molecule has 0 bridgehead atoms. The highest BCUT2D eigenvalue weighted by Gasteiger charge is 2.28. The minimum absolute atomic E-state index is 0.0342. The maximum Gasteiger partial charge on any atom is 0.317 e. The molecule has 4 N–H and O–H groups in total. The van der Waals surface area contributed by atoms with Gasteiger partial charge in [-0.05, 0) is 43.2 Å². The summed E-state index contributed by atoms with van der Waals surface area (Å²) in [5.41, 5.74) is 8.52. The van der Waals surface area contributed by atoms with Crippen LogP contribution in [0.4, 0.5) is 4.79 Å². The highest BCUT2D eigenvalue weighted by molar-refractivity contribution is 5.95. The summed E-state index contributed by atoms with van der Waals surface area (Å²) < 4.78 is 4.81. The predicted octanol–water partition coefficient (Wildman–Crippen LogP) is 2.50. The van der Waals surface area contributed by atoms with Crippen LogP contribution in [-0.2, 0) is 9.53 Å². The van der Waals surface area contributed by atoms with Gasteiger partial charge >= 0.3 is 12.0 Å². The largest absolute Gasteiger partial charge is 0.469 e. The maximum absolute atomic E-state index is 12.6. The molecule has 7 nitrogen and oxygen atoms in total. The molecule has 0 radical (unpaired) electrons. The highest BCUT2D eigenvalue weighted by atomic mass is 16.5. The van der Waals surface area contributed by atoms with Gasteiger partial charge in [0.05, 0.1) is 13.0 Å². The Labute approximate surface area is 165 Å². The van der Waals surface area contributed by atoms with Gasteiger partial charge in [-0.2, -0.15) is 0 Å². The van der Waals surface area contributed by atoms with Crippen LogP contribution in [0.2, 0.25) is 0 Å². The van der Waals surface area contributed by atoms with Crippen molar-refractivity contribution in [3.63, 3.8) is 0 Å². The fourth-order valence-corrected chi connectivity index (χ4v) is 3.89. The third kappa shape index (κ3) is 4.71. The van der Waals surface area contributed by atoms with Crippen molar-refractivity contribution in [1.82, 2.24) is 10.2 Å². The zero-order valence-corrected chi connectivity index (χ0v) is 16.2. The van der Waals surface area contributed by atoms with Crippen molar-refractivity contribution in [2.24, 2.45) is 11.7 Å². The summed E-state index contributed by atoms with van der Waals surface area (Å²) in [6.45, 7) is 1.25. The van der Waals surface area contributed by atoms with Gasteiger partial charge in [0.15, 0.2) is 0 Å². The normalized spacial score (nSPS) is 22.2. The van der Waals surface area contributed by atoms with E-state index in [1.807, 2.05) is 29.2 Å². The lowest BCUT2D eigenvalue weighted by Gasteiger charge is -2.32. The van der Waals surface area contributed by atoms with Gasteiger partial charge in [0.25, 0.3) is 0 Å². The van der Waals surface area contributed by atoms with Gasteiger partial charge in [-0.15, -0.1) is 0 Å². The van der Waals surface area contributed by atoms with Crippen molar-refractivity contribution in [3.05, 3.63) is 41.5 Å². The van der Waals surface area contributed by atoms with Crippen LogP contribution >= 0.6 is 0 Å². The van der Waals surface area contributed by atoms with Crippen molar-refractivity contribution < 1.29 is 14.3 Å². The molecule has 2 amide bonds. The molecule has 1 aromatic rings. The van der Waals surface area contributed by atoms with Gasteiger partial charge in [0.2, 0.25) is 0 Å². The molecule has 1 aliphatic carbocycles. The summed E-state index contributed by atoms with van der Waals surface area (Å²) in [5, 5.41) is 10.6. The van der Waals surface area contributed by atoms with E-state index in [2.05, 4.69) is 11.4 Å². The molecule has 1 saturated carbocycles. The SMILES string of the molecule is COC(=O)C1CCC(NC(=O)N2CC=C(c3ccc(C(=N)N)cc3)CC2)CC1. The van der Waals surface area contributed by atoms with E-state index in [1.165, 1.54) is 12.7 Å². The minimum atomic E-state index is -0.144. The van der Waals surface area contributed by atoms with Crippen LogP contribution in [-0.4, -0.2) is 49.0 Å². The number of nitrogens with two attached hydrogens (primary N) is 1. The van der Waals surface area contributed by atoms with Gasteiger partial charge in [0, 0.05) is 24.7 Å². The number of amides is 2. The third-order valence-electron chi connectivity index (χ3n) is 5.65. The van der Waals surface area contributed by atoms with Crippen molar-refractivity contribution >= 4 is 23.4 Å². The predicted molar refractivity (Wildman–Crippen MR) is 108 cm³/mol. The molecular formula is C21H28N4O3. The second kappa shape index (κ2) is 8.91. The van der Waals surface area contributed by atoms with E-state index < -0.39 is 0 Å². The summed E-state index contributed by atoms with van der Waals surface area (Å²) in [7, 11) is 1.42. The molecule has 0 atom stereocenters. The van der Waals surface area contributed by atoms with E-state index in [9.17, 15) is 9.59 Å². The van der Waals surface area contributed by atoms with Crippen LogP contribution < -0.4 is 11.1 Å². The molecule has 7 heteroatoms. The number of methoxy groups -OCH3 is 1. The lowest BCUT2D eigenvalue weighted by Crippen LogP contribution is -2.47. The number of amidine groups is 1. The van der Waals surface area contributed by atoms with Crippen LogP contribution in [0.3, 0.4) is 0 Å². The number of carbonyl (C=O) groups is 2. The van der Waals surface area contributed by atoms with Gasteiger partial charge in [-0.25, -0.2) is 4.79 Å². The van der Waals surface area contributed by atoms with Crippen LogP contribution in [0.25, 0.3) is 5.57 Å². The Kier molecular flexibility index (Phi) is 6.34. The number of ether oxygens (including phenoxy) is 1. The van der Waals surface area contributed by atoms with Crippen LogP contribution in [0.5, 0.6) is 0 Å². The molecule has 28 heavy (non-hydrogen) atoms. The molecule has 0 saturated heterocycles. The summed E-state index contributed by atoms with van der Waals surface area (Å²) in [5.74, 6) is -0.115. The molecule has 1 aromatic carbocycles. The lowest BCUT2D eigenvalue weighted by molar-refractivity contribution is -0.146. The maximum atomic E-state index is 12.6. The van der Waals surface area contributed by atoms with Crippen LogP contribution in [0.15, 0.2) is 30.3 Å². The monoisotopic (exact) mass is 384 g/mol. The minimum Gasteiger partial charge on any atom is -0.469 e. The zero-order chi connectivity index (χ0) is 20.1. The van der Waals surface area contributed by atoms with Gasteiger partial charge in [-0.3, -0.25) is 10.2 Å². The number of benzene rings is 1. The van der Waals surface area contributed by atoms with E-state index in [1.54, 1.807) is 0 Å². The number of esters is 1. The summed E-state index contributed by atoms with van der Waals surface area (Å²) in [6.07, 6.45) is 6.02. The second-order valence-corrected chi connectivity index (χ2v) is 7.44. The standard InChI is InChI=1S/C21H28N4O3/c1-28-20(26)17-6-8-18(9-7-17)24-21(27)25-12-10-15(11-13-25)14-2-4-16(5-3-14)19(22)23/h2-5,10,17-18H,6-9,11-13H2,1H3,(H3,22,23)(H,24,27).